The first-order valence-electron chi connectivity index (χ1n) is 7.89. The van der Waals surface area contributed by atoms with Crippen LogP contribution < -0.4 is 15.5 Å². The summed E-state index contributed by atoms with van der Waals surface area (Å²) in [4.78, 5) is 23.6. The standard InChI is InChI=1S/C19H21N3O3/c1-14-7-6-10-17(11-14)25-13-19(24)22-21-15(2)12-18(23)20-16-8-4-3-5-9-16/h3-11H,12-13H2,1-2H3,(H,20,23)(H,22,24)/b21-15+. The predicted octanol–water partition coefficient (Wildman–Crippen LogP) is 2.89. The highest BCUT2D eigenvalue weighted by Crippen LogP contribution is 2.11. The normalized spacial score (nSPS) is 10.9. The Hall–Kier alpha value is -3.15. The van der Waals surface area contributed by atoms with Gasteiger partial charge in [0.25, 0.3) is 5.91 Å². The van der Waals surface area contributed by atoms with Crippen LogP contribution in [0.3, 0.4) is 0 Å². The number of benzene rings is 2. The number of hydrogen-bond acceptors (Lipinski definition) is 4. The molecule has 2 N–H and O–H groups in total. The molecule has 0 aliphatic rings. The molecule has 0 spiro atoms. The Morgan fingerprint density at radius 3 is 2.52 bits per heavy atom. The number of anilines is 1. The summed E-state index contributed by atoms with van der Waals surface area (Å²) in [6, 6.07) is 16.6. The van der Waals surface area contributed by atoms with Crippen LogP contribution in [0.25, 0.3) is 0 Å². The van der Waals surface area contributed by atoms with E-state index in [-0.39, 0.29) is 24.8 Å². The molecule has 0 saturated carbocycles. The minimum atomic E-state index is -0.385. The van der Waals surface area contributed by atoms with Gasteiger partial charge in [0.05, 0.1) is 6.42 Å². The topological polar surface area (TPSA) is 79.8 Å². The Morgan fingerprint density at radius 2 is 1.80 bits per heavy atom. The van der Waals surface area contributed by atoms with Crippen molar-refractivity contribution < 1.29 is 14.3 Å². The van der Waals surface area contributed by atoms with Gasteiger partial charge in [0.2, 0.25) is 5.91 Å². The minimum Gasteiger partial charge on any atom is -0.484 e. The van der Waals surface area contributed by atoms with Crippen molar-refractivity contribution in [1.82, 2.24) is 5.43 Å². The quantitative estimate of drug-likeness (QED) is 0.601. The fourth-order valence-electron chi connectivity index (χ4n) is 2.04. The van der Waals surface area contributed by atoms with Gasteiger partial charge in [0, 0.05) is 11.4 Å². The molecule has 0 bridgehead atoms. The Labute approximate surface area is 146 Å². The van der Waals surface area contributed by atoms with Crippen molar-refractivity contribution >= 4 is 23.2 Å². The van der Waals surface area contributed by atoms with E-state index in [1.807, 2.05) is 43.3 Å². The van der Waals surface area contributed by atoms with E-state index in [4.69, 9.17) is 4.74 Å². The van der Waals surface area contributed by atoms with E-state index in [1.54, 1.807) is 25.1 Å². The van der Waals surface area contributed by atoms with Crippen molar-refractivity contribution in [2.75, 3.05) is 11.9 Å². The van der Waals surface area contributed by atoms with Crippen LogP contribution in [0, 0.1) is 6.92 Å². The first kappa shape index (κ1) is 18.2. The SMILES string of the molecule is C/C(CC(=O)Nc1ccccc1)=N\NC(=O)COc1cccc(C)c1. The summed E-state index contributed by atoms with van der Waals surface area (Å²) in [5.74, 6) is 0.0418. The Bertz CT molecular complexity index is 758. The van der Waals surface area contributed by atoms with Gasteiger partial charge in [-0.2, -0.15) is 5.10 Å². The second kappa shape index (κ2) is 9.22. The second-order valence-corrected chi connectivity index (χ2v) is 5.58. The number of nitrogens with one attached hydrogen (secondary N) is 2. The Balaban J connectivity index is 1.74. The lowest BCUT2D eigenvalue weighted by Gasteiger charge is -2.07. The highest BCUT2D eigenvalue weighted by Gasteiger charge is 2.06. The number of para-hydroxylation sites is 1. The second-order valence-electron chi connectivity index (χ2n) is 5.58. The lowest BCUT2D eigenvalue weighted by atomic mass is 10.2. The van der Waals surface area contributed by atoms with Crippen LogP contribution in [-0.4, -0.2) is 24.1 Å². The van der Waals surface area contributed by atoms with E-state index >= 15 is 0 Å². The van der Waals surface area contributed by atoms with Crippen LogP contribution in [0.1, 0.15) is 18.9 Å². The molecule has 0 atom stereocenters. The van der Waals surface area contributed by atoms with Gasteiger partial charge in [-0.05, 0) is 43.7 Å². The zero-order valence-electron chi connectivity index (χ0n) is 14.3. The van der Waals surface area contributed by atoms with Crippen LogP contribution in [0.2, 0.25) is 0 Å². The fourth-order valence-corrected chi connectivity index (χ4v) is 2.04. The molecule has 0 aromatic heterocycles. The maximum absolute atomic E-state index is 11.9. The van der Waals surface area contributed by atoms with Crippen LogP contribution in [0.4, 0.5) is 5.69 Å². The molecule has 2 amide bonds. The van der Waals surface area contributed by atoms with Gasteiger partial charge >= 0.3 is 0 Å². The molecule has 0 aliphatic heterocycles. The van der Waals surface area contributed by atoms with Gasteiger partial charge in [-0.15, -0.1) is 0 Å². The summed E-state index contributed by atoms with van der Waals surface area (Å²) in [6.07, 6.45) is 0.0912. The largest absolute Gasteiger partial charge is 0.484 e. The number of hydrazone groups is 1. The average molecular weight is 339 g/mol. The van der Waals surface area contributed by atoms with Crippen molar-refractivity contribution in [3.05, 3.63) is 60.2 Å². The first-order chi connectivity index (χ1) is 12.0. The highest BCUT2D eigenvalue weighted by molar-refractivity contribution is 6.05. The third-order valence-electron chi connectivity index (χ3n) is 3.20. The molecule has 25 heavy (non-hydrogen) atoms. The first-order valence-corrected chi connectivity index (χ1v) is 7.89. The molecule has 0 radical (unpaired) electrons. The fraction of sp³-hybridized carbons (Fsp3) is 0.211. The summed E-state index contributed by atoms with van der Waals surface area (Å²) in [6.45, 7) is 3.48. The highest BCUT2D eigenvalue weighted by atomic mass is 16.5. The number of rotatable bonds is 7. The number of carbonyl (C=O) groups is 2. The van der Waals surface area contributed by atoms with Gasteiger partial charge < -0.3 is 10.1 Å². The summed E-state index contributed by atoms with van der Waals surface area (Å²) < 4.78 is 5.38. The third-order valence-corrected chi connectivity index (χ3v) is 3.20. The van der Waals surface area contributed by atoms with E-state index in [0.717, 1.165) is 11.3 Å². The van der Waals surface area contributed by atoms with Crippen LogP contribution in [-0.2, 0) is 9.59 Å². The van der Waals surface area contributed by atoms with E-state index in [9.17, 15) is 9.59 Å². The lowest BCUT2D eigenvalue weighted by Crippen LogP contribution is -2.26. The van der Waals surface area contributed by atoms with Gasteiger partial charge in [0.15, 0.2) is 6.61 Å². The number of amides is 2. The van der Waals surface area contributed by atoms with Crippen molar-refractivity contribution in [3.8, 4) is 5.75 Å². The molecule has 2 aromatic rings. The van der Waals surface area contributed by atoms with Crippen LogP contribution in [0.5, 0.6) is 5.75 Å². The van der Waals surface area contributed by atoms with Gasteiger partial charge in [-0.3, -0.25) is 9.59 Å². The molecule has 6 nitrogen and oxygen atoms in total. The lowest BCUT2D eigenvalue weighted by molar-refractivity contribution is -0.123. The summed E-state index contributed by atoms with van der Waals surface area (Å²) >= 11 is 0. The van der Waals surface area contributed by atoms with Gasteiger partial charge in [-0.25, -0.2) is 5.43 Å². The molecule has 2 aromatic carbocycles. The molecular formula is C19H21N3O3. The number of hydrogen-bond donors (Lipinski definition) is 2. The molecule has 6 heteroatoms. The number of aryl methyl sites for hydroxylation is 1. The van der Waals surface area contributed by atoms with Crippen molar-refractivity contribution in [2.45, 2.75) is 20.3 Å². The molecule has 130 valence electrons. The maximum atomic E-state index is 11.9. The Kier molecular flexibility index (Phi) is 6.71. The predicted molar refractivity (Wildman–Crippen MR) is 97.6 cm³/mol. The zero-order chi connectivity index (χ0) is 18.1. The maximum Gasteiger partial charge on any atom is 0.277 e. The third kappa shape index (κ3) is 6.87. The van der Waals surface area contributed by atoms with Crippen LogP contribution >= 0.6 is 0 Å². The summed E-state index contributed by atoms with van der Waals surface area (Å²) in [7, 11) is 0. The molecule has 0 unspecified atom stereocenters. The smallest absolute Gasteiger partial charge is 0.277 e. The van der Waals surface area contributed by atoms with Gasteiger partial charge in [-0.1, -0.05) is 30.3 Å². The average Bonchev–Trinajstić information content (AvgIpc) is 2.59. The van der Waals surface area contributed by atoms with E-state index in [0.29, 0.717) is 11.5 Å². The minimum absolute atomic E-state index is 0.0912. The van der Waals surface area contributed by atoms with E-state index < -0.39 is 0 Å². The number of ether oxygens (including phenoxy) is 1. The number of carbonyl (C=O) groups excluding carboxylic acids is 2. The van der Waals surface area contributed by atoms with Crippen molar-refractivity contribution in [1.29, 1.82) is 0 Å². The molecular weight excluding hydrogens is 318 g/mol. The van der Waals surface area contributed by atoms with Crippen LogP contribution in [0.15, 0.2) is 59.7 Å². The summed E-state index contributed by atoms with van der Waals surface area (Å²) in [5.41, 5.74) is 4.65. The van der Waals surface area contributed by atoms with E-state index in [2.05, 4.69) is 15.8 Å². The van der Waals surface area contributed by atoms with Gasteiger partial charge in [0.1, 0.15) is 5.75 Å². The number of nitrogens with zero attached hydrogens (tertiary/aromatic N) is 1. The van der Waals surface area contributed by atoms with Crippen molar-refractivity contribution in [2.24, 2.45) is 5.10 Å². The zero-order valence-corrected chi connectivity index (χ0v) is 14.3. The summed E-state index contributed by atoms with van der Waals surface area (Å²) in [5, 5.41) is 6.67. The molecule has 2 rings (SSSR count). The van der Waals surface area contributed by atoms with Crippen molar-refractivity contribution in [3.63, 3.8) is 0 Å². The molecule has 0 aliphatic carbocycles. The van der Waals surface area contributed by atoms with E-state index in [1.165, 1.54) is 0 Å². The molecule has 0 heterocycles. The molecule has 0 fully saturated rings. The Morgan fingerprint density at radius 1 is 1.04 bits per heavy atom. The molecule has 0 saturated heterocycles. The monoisotopic (exact) mass is 339 g/mol.